The van der Waals surface area contributed by atoms with Crippen LogP contribution in [-0.4, -0.2) is 19.9 Å². The highest BCUT2D eigenvalue weighted by Crippen LogP contribution is 2.37. The van der Waals surface area contributed by atoms with E-state index in [0.29, 0.717) is 0 Å². The van der Waals surface area contributed by atoms with Crippen molar-refractivity contribution >= 4 is 21.4 Å². The summed E-state index contributed by atoms with van der Waals surface area (Å²) < 4.78 is 36.6. The zero-order chi connectivity index (χ0) is 13.4. The smallest absolute Gasteiger partial charge is 0.151 e. The molecule has 18 heavy (non-hydrogen) atoms. The Bertz CT molecular complexity index is 603. The molecule has 1 atom stereocenters. The molecule has 0 radical (unpaired) electrons. The zero-order valence-electron chi connectivity index (χ0n) is 9.49. The third-order valence-corrected chi connectivity index (χ3v) is 5.37. The molecular weight excluding hydrogens is 277 g/mol. The quantitative estimate of drug-likeness (QED) is 0.839. The van der Waals surface area contributed by atoms with E-state index < -0.39 is 21.1 Å². The van der Waals surface area contributed by atoms with Crippen LogP contribution in [0.3, 0.4) is 0 Å². The molecule has 1 aromatic carbocycles. The second-order valence-corrected chi connectivity index (χ2v) is 7.20. The summed E-state index contributed by atoms with van der Waals surface area (Å²) in [5, 5.41) is 9.44. The summed E-state index contributed by atoms with van der Waals surface area (Å²) in [6.07, 6.45) is 0.269. The van der Waals surface area contributed by atoms with Gasteiger partial charge >= 0.3 is 0 Å². The molecular formula is C12H11ClFNO2S. The van der Waals surface area contributed by atoms with Crippen molar-refractivity contribution in [2.75, 3.05) is 11.5 Å². The topological polar surface area (TPSA) is 57.9 Å². The summed E-state index contributed by atoms with van der Waals surface area (Å²) in [7, 11) is -3.20. The van der Waals surface area contributed by atoms with E-state index in [1.54, 1.807) is 0 Å². The first-order chi connectivity index (χ1) is 8.37. The van der Waals surface area contributed by atoms with Gasteiger partial charge in [0.15, 0.2) is 9.84 Å². The molecule has 0 amide bonds. The second-order valence-electron chi connectivity index (χ2n) is 4.61. The van der Waals surface area contributed by atoms with E-state index >= 15 is 0 Å². The molecule has 1 heterocycles. The van der Waals surface area contributed by atoms with E-state index in [1.165, 1.54) is 18.2 Å². The highest BCUT2D eigenvalue weighted by atomic mass is 35.5. The Morgan fingerprint density at radius 1 is 1.50 bits per heavy atom. The first-order valence-corrected chi connectivity index (χ1v) is 7.62. The van der Waals surface area contributed by atoms with Crippen LogP contribution in [0.15, 0.2) is 18.2 Å². The number of benzene rings is 1. The van der Waals surface area contributed by atoms with Crippen molar-refractivity contribution in [3.63, 3.8) is 0 Å². The van der Waals surface area contributed by atoms with Crippen LogP contribution in [-0.2, 0) is 16.3 Å². The highest BCUT2D eigenvalue weighted by Gasteiger charge is 2.43. The molecule has 1 saturated heterocycles. The van der Waals surface area contributed by atoms with Gasteiger partial charge in [-0.2, -0.15) is 5.26 Å². The molecule has 0 bridgehead atoms. The second kappa shape index (κ2) is 4.52. The monoisotopic (exact) mass is 287 g/mol. The Kier molecular flexibility index (Phi) is 3.35. The number of hydrogen-bond donors (Lipinski definition) is 0. The van der Waals surface area contributed by atoms with Gasteiger partial charge in [-0.1, -0.05) is 17.7 Å². The maximum atomic E-state index is 13.7. The largest absolute Gasteiger partial charge is 0.229 e. The molecule has 0 N–H and O–H groups in total. The molecule has 0 aromatic heterocycles. The maximum absolute atomic E-state index is 13.7. The average Bonchev–Trinajstić information content (AvgIpc) is 2.61. The van der Waals surface area contributed by atoms with E-state index in [9.17, 15) is 18.1 Å². The van der Waals surface area contributed by atoms with E-state index in [-0.39, 0.29) is 34.9 Å². The zero-order valence-corrected chi connectivity index (χ0v) is 11.1. The highest BCUT2D eigenvalue weighted by molar-refractivity contribution is 7.91. The minimum atomic E-state index is -3.20. The Morgan fingerprint density at radius 3 is 2.72 bits per heavy atom. The van der Waals surface area contributed by atoms with Gasteiger partial charge < -0.3 is 0 Å². The fourth-order valence-corrected chi connectivity index (χ4v) is 4.45. The summed E-state index contributed by atoms with van der Waals surface area (Å²) >= 11 is 5.90. The maximum Gasteiger partial charge on any atom is 0.151 e. The standard InChI is InChI=1S/C12H11ClFNO2S/c13-10-2-1-3-11(14)9(10)6-12(7-15)4-5-18(16,17)8-12/h1-3H,4-6,8H2. The average molecular weight is 288 g/mol. The Hall–Kier alpha value is -1.12. The van der Waals surface area contributed by atoms with Crippen LogP contribution < -0.4 is 0 Å². The van der Waals surface area contributed by atoms with Crippen molar-refractivity contribution in [2.45, 2.75) is 12.8 Å². The summed E-state index contributed by atoms with van der Waals surface area (Å²) in [5.74, 6) is -0.741. The first-order valence-electron chi connectivity index (χ1n) is 5.42. The Labute approximate surface area is 110 Å². The predicted octanol–water partition coefficient (Wildman–Crippen LogP) is 2.35. The Balaban J connectivity index is 2.36. The number of nitriles is 1. The van der Waals surface area contributed by atoms with Gasteiger partial charge in [-0.25, -0.2) is 12.8 Å². The molecule has 1 unspecified atom stereocenters. The normalized spacial score (nSPS) is 25.8. The lowest BCUT2D eigenvalue weighted by Gasteiger charge is -2.19. The van der Waals surface area contributed by atoms with Crippen LogP contribution in [0.2, 0.25) is 5.02 Å². The van der Waals surface area contributed by atoms with E-state index in [4.69, 9.17) is 11.6 Å². The van der Waals surface area contributed by atoms with Crippen LogP contribution in [0.4, 0.5) is 4.39 Å². The van der Waals surface area contributed by atoms with Gasteiger partial charge in [0, 0.05) is 10.6 Å². The summed E-state index contributed by atoms with van der Waals surface area (Å²) in [6.45, 7) is 0. The number of sulfone groups is 1. The SMILES string of the molecule is N#CC1(Cc2c(F)cccc2Cl)CCS(=O)(=O)C1. The van der Waals surface area contributed by atoms with Crippen LogP contribution >= 0.6 is 11.6 Å². The summed E-state index contributed by atoms with van der Waals surface area (Å²) in [5.41, 5.74) is -0.831. The van der Waals surface area contributed by atoms with Crippen molar-refractivity contribution in [1.29, 1.82) is 5.26 Å². The van der Waals surface area contributed by atoms with Crippen molar-refractivity contribution in [3.05, 3.63) is 34.6 Å². The molecule has 1 aliphatic heterocycles. The van der Waals surface area contributed by atoms with Gasteiger partial charge in [0.05, 0.1) is 23.0 Å². The van der Waals surface area contributed by atoms with Gasteiger partial charge in [0.25, 0.3) is 0 Å². The van der Waals surface area contributed by atoms with E-state index in [0.717, 1.165) is 0 Å². The summed E-state index contributed by atoms with van der Waals surface area (Å²) in [4.78, 5) is 0. The third kappa shape index (κ3) is 2.50. The van der Waals surface area contributed by atoms with E-state index in [2.05, 4.69) is 0 Å². The lowest BCUT2D eigenvalue weighted by Crippen LogP contribution is -2.24. The molecule has 1 aliphatic rings. The van der Waals surface area contributed by atoms with Crippen molar-refractivity contribution in [3.8, 4) is 6.07 Å². The number of hydrogen-bond acceptors (Lipinski definition) is 3. The number of nitrogens with zero attached hydrogens (tertiary/aromatic N) is 1. The van der Waals surface area contributed by atoms with Crippen molar-refractivity contribution in [2.24, 2.45) is 5.41 Å². The molecule has 2 rings (SSSR count). The first kappa shape index (κ1) is 13.3. The number of rotatable bonds is 2. The van der Waals surface area contributed by atoms with Gasteiger partial charge in [0.2, 0.25) is 0 Å². The molecule has 6 heteroatoms. The van der Waals surface area contributed by atoms with E-state index in [1.807, 2.05) is 6.07 Å². The van der Waals surface area contributed by atoms with Crippen LogP contribution in [0.5, 0.6) is 0 Å². The third-order valence-electron chi connectivity index (χ3n) is 3.20. The molecule has 0 spiro atoms. The van der Waals surface area contributed by atoms with Gasteiger partial charge in [-0.05, 0) is 25.0 Å². The molecule has 3 nitrogen and oxygen atoms in total. The molecule has 0 aliphatic carbocycles. The molecule has 1 fully saturated rings. The van der Waals surface area contributed by atoms with Crippen LogP contribution in [0, 0.1) is 22.6 Å². The minimum Gasteiger partial charge on any atom is -0.229 e. The van der Waals surface area contributed by atoms with Crippen molar-refractivity contribution in [1.82, 2.24) is 0 Å². The predicted molar refractivity (Wildman–Crippen MR) is 66.4 cm³/mol. The van der Waals surface area contributed by atoms with Gasteiger partial charge in [0.1, 0.15) is 5.82 Å². The number of halogens is 2. The lowest BCUT2D eigenvalue weighted by molar-refractivity contribution is 0.439. The fraction of sp³-hybridized carbons (Fsp3) is 0.417. The fourth-order valence-electron chi connectivity index (χ4n) is 2.22. The van der Waals surface area contributed by atoms with Crippen molar-refractivity contribution < 1.29 is 12.8 Å². The molecule has 0 saturated carbocycles. The van der Waals surface area contributed by atoms with Crippen LogP contribution in [0.1, 0.15) is 12.0 Å². The minimum absolute atomic E-state index is 0.0212. The van der Waals surface area contributed by atoms with Crippen LogP contribution in [0.25, 0.3) is 0 Å². The van der Waals surface area contributed by atoms with Gasteiger partial charge in [-0.15, -0.1) is 0 Å². The van der Waals surface area contributed by atoms with Gasteiger partial charge in [-0.3, -0.25) is 0 Å². The summed E-state index contributed by atoms with van der Waals surface area (Å²) in [6, 6.07) is 6.31. The lowest BCUT2D eigenvalue weighted by atomic mass is 9.82. The molecule has 96 valence electrons. The molecule has 1 aromatic rings. The Morgan fingerprint density at radius 2 is 2.22 bits per heavy atom.